The molecule has 0 atom stereocenters. The van der Waals surface area contributed by atoms with Crippen molar-refractivity contribution in [2.45, 2.75) is 65.3 Å². The Morgan fingerprint density at radius 3 is 2.80 bits per heavy atom. The van der Waals surface area contributed by atoms with Gasteiger partial charge in [-0.2, -0.15) is 0 Å². The lowest BCUT2D eigenvalue weighted by Gasteiger charge is -2.36. The Morgan fingerprint density at radius 2 is 2.12 bits per heavy atom. The first-order valence-electron chi connectivity index (χ1n) is 8.88. The summed E-state index contributed by atoms with van der Waals surface area (Å²) in [6.45, 7) is 4.97. The Balaban J connectivity index is 1.62. The molecule has 0 unspecified atom stereocenters. The summed E-state index contributed by atoms with van der Waals surface area (Å²) in [5, 5.41) is 24.1. The van der Waals surface area contributed by atoms with Gasteiger partial charge >= 0.3 is 0 Å². The van der Waals surface area contributed by atoms with Gasteiger partial charge in [0.2, 0.25) is 11.0 Å². The fourth-order valence-corrected chi connectivity index (χ4v) is 4.50. The standard InChI is InChI=1S/C16H25N7OS/c1-12(2)8-14-19-20-15(25-14)18-13(24)9-16(6-4-3-5-7-16)10-23-11-17-21-22-23/h11-12H,3-10H2,1-2H3,(H,18,20,24). The topological polar surface area (TPSA) is 98.5 Å². The van der Waals surface area contributed by atoms with Gasteiger partial charge in [0.25, 0.3) is 0 Å². The first-order valence-corrected chi connectivity index (χ1v) is 9.69. The Morgan fingerprint density at radius 1 is 1.32 bits per heavy atom. The summed E-state index contributed by atoms with van der Waals surface area (Å²) < 4.78 is 1.74. The van der Waals surface area contributed by atoms with E-state index in [2.05, 4.69) is 44.9 Å². The van der Waals surface area contributed by atoms with Gasteiger partial charge in [-0.3, -0.25) is 4.79 Å². The van der Waals surface area contributed by atoms with Crippen LogP contribution >= 0.6 is 11.3 Å². The minimum Gasteiger partial charge on any atom is -0.301 e. The lowest BCUT2D eigenvalue weighted by atomic mass is 9.71. The molecule has 1 aliphatic carbocycles. The van der Waals surface area contributed by atoms with Crippen molar-refractivity contribution in [3.63, 3.8) is 0 Å². The maximum atomic E-state index is 12.6. The van der Waals surface area contributed by atoms with Crippen molar-refractivity contribution >= 4 is 22.4 Å². The van der Waals surface area contributed by atoms with Gasteiger partial charge in [0, 0.05) is 12.8 Å². The normalized spacial score (nSPS) is 16.9. The SMILES string of the molecule is CC(C)Cc1nnc(NC(=O)CC2(Cn3cnnn3)CCCCC2)s1. The summed E-state index contributed by atoms with van der Waals surface area (Å²) in [4.78, 5) is 12.6. The maximum Gasteiger partial charge on any atom is 0.226 e. The van der Waals surface area contributed by atoms with Crippen LogP contribution in [0.1, 0.15) is 57.4 Å². The molecule has 0 bridgehead atoms. The van der Waals surface area contributed by atoms with E-state index >= 15 is 0 Å². The Bertz CT molecular complexity index is 676. The van der Waals surface area contributed by atoms with E-state index in [-0.39, 0.29) is 11.3 Å². The third-order valence-corrected chi connectivity index (χ3v) is 5.50. The molecule has 1 aliphatic rings. The number of nitrogens with zero attached hydrogens (tertiary/aromatic N) is 6. The second-order valence-electron chi connectivity index (χ2n) is 7.39. The molecule has 9 heteroatoms. The average molecular weight is 363 g/mol. The van der Waals surface area contributed by atoms with E-state index in [0.29, 0.717) is 24.0 Å². The minimum atomic E-state index is -0.0802. The quantitative estimate of drug-likeness (QED) is 0.812. The van der Waals surface area contributed by atoms with Crippen LogP contribution in [-0.2, 0) is 17.8 Å². The van der Waals surface area contributed by atoms with E-state index in [1.807, 2.05) is 0 Å². The van der Waals surface area contributed by atoms with Crippen molar-refractivity contribution in [2.24, 2.45) is 11.3 Å². The highest BCUT2D eigenvalue weighted by molar-refractivity contribution is 7.15. The molecule has 1 N–H and O–H groups in total. The molecule has 0 aliphatic heterocycles. The van der Waals surface area contributed by atoms with Crippen LogP contribution in [0.4, 0.5) is 5.13 Å². The van der Waals surface area contributed by atoms with Crippen molar-refractivity contribution in [3.8, 4) is 0 Å². The molecule has 1 amide bonds. The summed E-state index contributed by atoms with van der Waals surface area (Å²) >= 11 is 1.46. The van der Waals surface area contributed by atoms with Crippen molar-refractivity contribution in [3.05, 3.63) is 11.3 Å². The number of nitrogens with one attached hydrogen (secondary N) is 1. The van der Waals surface area contributed by atoms with E-state index in [4.69, 9.17) is 0 Å². The number of carbonyl (C=O) groups is 1. The average Bonchev–Trinajstić information content (AvgIpc) is 3.19. The van der Waals surface area contributed by atoms with Gasteiger partial charge in [-0.1, -0.05) is 44.4 Å². The van der Waals surface area contributed by atoms with Gasteiger partial charge in [-0.25, -0.2) is 4.68 Å². The summed E-state index contributed by atoms with van der Waals surface area (Å²) in [6, 6.07) is 0. The third-order valence-electron chi connectivity index (χ3n) is 4.63. The predicted molar refractivity (Wildman–Crippen MR) is 95.0 cm³/mol. The zero-order valence-electron chi connectivity index (χ0n) is 14.8. The molecule has 2 heterocycles. The van der Waals surface area contributed by atoms with Gasteiger partial charge in [-0.15, -0.1) is 15.3 Å². The van der Waals surface area contributed by atoms with Crippen molar-refractivity contribution in [2.75, 3.05) is 5.32 Å². The number of anilines is 1. The number of hydrogen-bond donors (Lipinski definition) is 1. The zero-order chi connectivity index (χ0) is 17.7. The third kappa shape index (κ3) is 5.04. The molecule has 25 heavy (non-hydrogen) atoms. The smallest absolute Gasteiger partial charge is 0.226 e. The summed E-state index contributed by atoms with van der Waals surface area (Å²) in [5.41, 5.74) is -0.0802. The molecule has 8 nitrogen and oxygen atoms in total. The molecule has 1 fully saturated rings. The molecule has 0 saturated heterocycles. The van der Waals surface area contributed by atoms with Gasteiger partial charge in [0.05, 0.1) is 6.54 Å². The first-order chi connectivity index (χ1) is 12.0. The lowest BCUT2D eigenvalue weighted by Crippen LogP contribution is -2.34. The van der Waals surface area contributed by atoms with E-state index in [1.165, 1.54) is 17.8 Å². The molecule has 3 rings (SSSR count). The fraction of sp³-hybridized carbons (Fsp3) is 0.750. The maximum absolute atomic E-state index is 12.6. The Kier molecular flexibility index (Phi) is 5.72. The van der Waals surface area contributed by atoms with Crippen LogP contribution in [0.25, 0.3) is 0 Å². The molecular weight excluding hydrogens is 338 g/mol. The van der Waals surface area contributed by atoms with Crippen LogP contribution in [0.5, 0.6) is 0 Å². The van der Waals surface area contributed by atoms with Crippen LogP contribution in [0, 0.1) is 11.3 Å². The highest BCUT2D eigenvalue weighted by atomic mass is 32.1. The van der Waals surface area contributed by atoms with Crippen molar-refractivity contribution in [1.29, 1.82) is 0 Å². The van der Waals surface area contributed by atoms with Crippen LogP contribution in [0.3, 0.4) is 0 Å². The monoisotopic (exact) mass is 363 g/mol. The van der Waals surface area contributed by atoms with Gasteiger partial charge < -0.3 is 5.32 Å². The van der Waals surface area contributed by atoms with Crippen LogP contribution < -0.4 is 5.32 Å². The van der Waals surface area contributed by atoms with Gasteiger partial charge in [0.1, 0.15) is 11.3 Å². The summed E-state index contributed by atoms with van der Waals surface area (Å²) in [5.74, 6) is 0.528. The number of hydrogen-bond acceptors (Lipinski definition) is 7. The molecule has 2 aromatic rings. The predicted octanol–water partition coefficient (Wildman–Crippen LogP) is 2.70. The Labute approximate surface area is 151 Å². The van der Waals surface area contributed by atoms with Crippen molar-refractivity contribution in [1.82, 2.24) is 30.4 Å². The molecule has 1 saturated carbocycles. The van der Waals surface area contributed by atoms with Crippen molar-refractivity contribution < 1.29 is 4.79 Å². The largest absolute Gasteiger partial charge is 0.301 e. The van der Waals surface area contributed by atoms with Crippen LogP contribution in [0.15, 0.2) is 6.33 Å². The lowest BCUT2D eigenvalue weighted by molar-refractivity contribution is -0.119. The number of carbonyl (C=O) groups excluding carboxylic acids is 1. The highest BCUT2D eigenvalue weighted by Crippen LogP contribution is 2.41. The van der Waals surface area contributed by atoms with Gasteiger partial charge in [0.15, 0.2) is 0 Å². The number of amides is 1. The number of aromatic nitrogens is 6. The molecular formula is C16H25N7OS. The van der Waals surface area contributed by atoms with E-state index in [1.54, 1.807) is 11.0 Å². The summed E-state index contributed by atoms with van der Waals surface area (Å²) in [6.07, 6.45) is 8.54. The zero-order valence-corrected chi connectivity index (χ0v) is 15.6. The fourth-order valence-electron chi connectivity index (χ4n) is 3.53. The molecule has 136 valence electrons. The molecule has 2 aromatic heterocycles. The van der Waals surface area contributed by atoms with Gasteiger partial charge in [-0.05, 0) is 34.6 Å². The first kappa shape index (κ1) is 17.9. The highest BCUT2D eigenvalue weighted by Gasteiger charge is 2.35. The minimum absolute atomic E-state index is 0.00206. The number of rotatable bonds is 7. The Hall–Kier alpha value is -1.90. The molecule has 0 radical (unpaired) electrons. The van der Waals surface area contributed by atoms with E-state index in [9.17, 15) is 4.79 Å². The van der Waals surface area contributed by atoms with Crippen LogP contribution in [-0.4, -0.2) is 36.3 Å². The molecule has 0 spiro atoms. The van der Waals surface area contributed by atoms with Crippen LogP contribution in [0.2, 0.25) is 0 Å². The second-order valence-corrected chi connectivity index (χ2v) is 8.45. The van der Waals surface area contributed by atoms with E-state index in [0.717, 1.165) is 37.1 Å². The summed E-state index contributed by atoms with van der Waals surface area (Å²) in [7, 11) is 0. The van der Waals surface area contributed by atoms with E-state index < -0.39 is 0 Å². The number of tetrazole rings is 1. The second kappa shape index (κ2) is 7.99. The molecule has 0 aromatic carbocycles.